The van der Waals surface area contributed by atoms with Gasteiger partial charge < -0.3 is 10.3 Å². The summed E-state index contributed by atoms with van der Waals surface area (Å²) in [7, 11) is 2.08. The standard InChI is InChI=1S/C16H19N5S.ClH/c1-20(11-14-9-19-16(17)22-14)12-15-18-7-8-21(15)10-13-5-3-2-4-6-13;/h2-9H,10-12H2,1H3,(H2,17,19);1H. The summed E-state index contributed by atoms with van der Waals surface area (Å²) in [5.41, 5.74) is 6.95. The molecule has 0 aliphatic rings. The van der Waals surface area contributed by atoms with Crippen LogP contribution in [0.4, 0.5) is 5.13 Å². The van der Waals surface area contributed by atoms with Gasteiger partial charge in [-0.25, -0.2) is 9.97 Å². The highest BCUT2D eigenvalue weighted by Gasteiger charge is 2.09. The number of rotatable bonds is 6. The Morgan fingerprint density at radius 1 is 1.17 bits per heavy atom. The number of hydrogen-bond donors (Lipinski definition) is 1. The predicted octanol–water partition coefficient (Wildman–Crippen LogP) is 3.02. The van der Waals surface area contributed by atoms with Crippen molar-refractivity contribution in [2.75, 3.05) is 12.8 Å². The zero-order valence-electron chi connectivity index (χ0n) is 12.9. The Balaban J connectivity index is 0.00000192. The van der Waals surface area contributed by atoms with E-state index in [2.05, 4.69) is 50.7 Å². The fourth-order valence-corrected chi connectivity index (χ4v) is 3.14. The highest BCUT2D eigenvalue weighted by Crippen LogP contribution is 2.17. The molecule has 0 saturated heterocycles. The summed E-state index contributed by atoms with van der Waals surface area (Å²) < 4.78 is 2.19. The van der Waals surface area contributed by atoms with E-state index in [0.717, 1.165) is 25.5 Å². The van der Waals surface area contributed by atoms with E-state index >= 15 is 0 Å². The molecule has 2 aromatic heterocycles. The Bertz CT molecular complexity index is 725. The third-order valence-corrected chi connectivity index (χ3v) is 4.22. The van der Waals surface area contributed by atoms with Gasteiger partial charge in [-0.3, -0.25) is 4.90 Å². The van der Waals surface area contributed by atoms with Gasteiger partial charge in [-0.2, -0.15) is 0 Å². The monoisotopic (exact) mass is 349 g/mol. The molecule has 23 heavy (non-hydrogen) atoms. The van der Waals surface area contributed by atoms with Crippen LogP contribution in [0.15, 0.2) is 48.9 Å². The second-order valence-corrected chi connectivity index (χ2v) is 6.44. The van der Waals surface area contributed by atoms with E-state index in [4.69, 9.17) is 5.73 Å². The van der Waals surface area contributed by atoms with Gasteiger partial charge in [0.15, 0.2) is 5.13 Å². The number of nitrogens with two attached hydrogens (primary N) is 1. The zero-order chi connectivity index (χ0) is 15.4. The van der Waals surface area contributed by atoms with Crippen LogP contribution < -0.4 is 5.73 Å². The molecule has 0 unspecified atom stereocenters. The second kappa shape index (κ2) is 8.10. The average Bonchev–Trinajstić information content (AvgIpc) is 3.10. The molecule has 0 aliphatic heterocycles. The summed E-state index contributed by atoms with van der Waals surface area (Å²) in [6.45, 7) is 2.46. The molecule has 7 heteroatoms. The predicted molar refractivity (Wildman–Crippen MR) is 96.7 cm³/mol. The number of halogens is 1. The average molecular weight is 350 g/mol. The lowest BCUT2D eigenvalue weighted by Crippen LogP contribution is -2.19. The van der Waals surface area contributed by atoms with Crippen LogP contribution in [-0.2, 0) is 19.6 Å². The maximum atomic E-state index is 5.67. The van der Waals surface area contributed by atoms with E-state index in [-0.39, 0.29) is 12.4 Å². The molecule has 0 aliphatic carbocycles. The maximum Gasteiger partial charge on any atom is 0.180 e. The summed E-state index contributed by atoms with van der Waals surface area (Å²) in [4.78, 5) is 12.0. The molecule has 3 rings (SSSR count). The van der Waals surface area contributed by atoms with Crippen molar-refractivity contribution in [1.29, 1.82) is 0 Å². The molecule has 0 bridgehead atoms. The number of aromatic nitrogens is 3. The highest BCUT2D eigenvalue weighted by atomic mass is 35.5. The van der Waals surface area contributed by atoms with E-state index < -0.39 is 0 Å². The van der Waals surface area contributed by atoms with Crippen LogP contribution in [-0.4, -0.2) is 26.5 Å². The number of hydrogen-bond acceptors (Lipinski definition) is 5. The number of anilines is 1. The van der Waals surface area contributed by atoms with Gasteiger partial charge >= 0.3 is 0 Å². The lowest BCUT2D eigenvalue weighted by molar-refractivity contribution is 0.308. The molecule has 122 valence electrons. The summed E-state index contributed by atoms with van der Waals surface area (Å²) >= 11 is 1.53. The van der Waals surface area contributed by atoms with E-state index in [0.29, 0.717) is 5.13 Å². The zero-order valence-corrected chi connectivity index (χ0v) is 14.6. The number of thiazole rings is 1. The Labute approximate surface area is 146 Å². The molecule has 0 saturated carbocycles. The number of nitrogens with zero attached hydrogens (tertiary/aromatic N) is 4. The van der Waals surface area contributed by atoms with Gasteiger partial charge in [0.05, 0.1) is 6.54 Å². The minimum atomic E-state index is 0. The Kier molecular flexibility index (Phi) is 6.15. The van der Waals surface area contributed by atoms with Crippen molar-refractivity contribution < 1.29 is 0 Å². The lowest BCUT2D eigenvalue weighted by atomic mass is 10.2. The third kappa shape index (κ3) is 4.79. The Morgan fingerprint density at radius 2 is 1.96 bits per heavy atom. The normalized spacial score (nSPS) is 10.7. The number of benzene rings is 1. The molecule has 5 nitrogen and oxygen atoms in total. The van der Waals surface area contributed by atoms with Crippen LogP contribution in [0.5, 0.6) is 0 Å². The molecule has 0 fully saturated rings. The third-order valence-electron chi connectivity index (χ3n) is 3.41. The van der Waals surface area contributed by atoms with E-state index in [1.54, 1.807) is 0 Å². The first-order chi connectivity index (χ1) is 10.7. The SMILES string of the molecule is CN(Cc1cnc(N)s1)Cc1nccn1Cc1ccccc1.Cl. The molecule has 0 atom stereocenters. The smallest absolute Gasteiger partial charge is 0.180 e. The van der Waals surface area contributed by atoms with Gasteiger partial charge in [0.25, 0.3) is 0 Å². The van der Waals surface area contributed by atoms with Gasteiger partial charge in [0.2, 0.25) is 0 Å². The molecular formula is C16H20ClN5S. The first-order valence-electron chi connectivity index (χ1n) is 7.13. The van der Waals surface area contributed by atoms with Gasteiger partial charge in [0.1, 0.15) is 5.82 Å². The Morgan fingerprint density at radius 3 is 2.65 bits per heavy atom. The van der Waals surface area contributed by atoms with Gasteiger partial charge in [-0.05, 0) is 12.6 Å². The van der Waals surface area contributed by atoms with E-state index in [1.807, 2.05) is 24.7 Å². The van der Waals surface area contributed by atoms with Crippen molar-refractivity contribution in [3.05, 3.63) is 65.2 Å². The van der Waals surface area contributed by atoms with Crippen molar-refractivity contribution in [1.82, 2.24) is 19.4 Å². The van der Waals surface area contributed by atoms with Crippen molar-refractivity contribution in [3.8, 4) is 0 Å². The topological polar surface area (TPSA) is 60.0 Å². The largest absolute Gasteiger partial charge is 0.375 e. The van der Waals surface area contributed by atoms with Crippen LogP contribution in [0.2, 0.25) is 0 Å². The summed E-state index contributed by atoms with van der Waals surface area (Å²) in [5.74, 6) is 1.06. The van der Waals surface area contributed by atoms with E-state index in [1.165, 1.54) is 21.8 Å². The molecule has 0 radical (unpaired) electrons. The minimum Gasteiger partial charge on any atom is -0.375 e. The lowest BCUT2D eigenvalue weighted by Gasteiger charge is -2.16. The van der Waals surface area contributed by atoms with Crippen LogP contribution in [0.1, 0.15) is 16.3 Å². The van der Waals surface area contributed by atoms with Crippen LogP contribution in [0.25, 0.3) is 0 Å². The van der Waals surface area contributed by atoms with E-state index in [9.17, 15) is 0 Å². The van der Waals surface area contributed by atoms with Gasteiger partial charge in [-0.15, -0.1) is 23.7 Å². The summed E-state index contributed by atoms with van der Waals surface area (Å²) in [6, 6.07) is 10.4. The number of nitrogen functional groups attached to an aromatic ring is 1. The minimum absolute atomic E-state index is 0. The highest BCUT2D eigenvalue weighted by molar-refractivity contribution is 7.15. The fraction of sp³-hybridized carbons (Fsp3) is 0.250. The Hall–Kier alpha value is -1.89. The summed E-state index contributed by atoms with van der Waals surface area (Å²) in [6.07, 6.45) is 5.73. The second-order valence-electron chi connectivity index (χ2n) is 5.29. The quantitative estimate of drug-likeness (QED) is 0.743. The fourth-order valence-electron chi connectivity index (χ4n) is 2.37. The van der Waals surface area contributed by atoms with Crippen molar-refractivity contribution in [2.45, 2.75) is 19.6 Å². The van der Waals surface area contributed by atoms with Crippen LogP contribution in [0, 0.1) is 0 Å². The molecular weight excluding hydrogens is 330 g/mol. The van der Waals surface area contributed by atoms with Crippen LogP contribution >= 0.6 is 23.7 Å². The molecule has 2 heterocycles. The van der Waals surface area contributed by atoms with Crippen LogP contribution in [0.3, 0.4) is 0 Å². The van der Waals surface area contributed by atoms with Crippen molar-refractivity contribution in [2.24, 2.45) is 0 Å². The maximum absolute atomic E-state index is 5.67. The van der Waals surface area contributed by atoms with Gasteiger partial charge in [0, 0.05) is 36.6 Å². The van der Waals surface area contributed by atoms with Crippen molar-refractivity contribution >= 4 is 28.9 Å². The number of imidazole rings is 1. The molecule has 1 aromatic carbocycles. The summed E-state index contributed by atoms with van der Waals surface area (Å²) in [5, 5.41) is 0.619. The first-order valence-corrected chi connectivity index (χ1v) is 7.95. The molecule has 2 N–H and O–H groups in total. The molecule has 3 aromatic rings. The van der Waals surface area contributed by atoms with Crippen molar-refractivity contribution in [3.63, 3.8) is 0 Å². The first kappa shape index (κ1) is 17.5. The molecule has 0 amide bonds. The molecule has 0 spiro atoms. The van der Waals surface area contributed by atoms with Gasteiger partial charge in [-0.1, -0.05) is 30.3 Å².